The first-order valence-electron chi connectivity index (χ1n) is 6.76. The molecule has 0 unspecified atom stereocenters. The zero-order chi connectivity index (χ0) is 16.2. The van der Waals surface area contributed by atoms with Crippen LogP contribution in [-0.4, -0.2) is 32.9 Å². The fraction of sp³-hybridized carbons (Fsp3) is 0.133. The normalized spacial score (nSPS) is 10.5. The molecule has 0 saturated carbocycles. The maximum absolute atomic E-state index is 10.6. The summed E-state index contributed by atoms with van der Waals surface area (Å²) in [5.41, 5.74) is 1.47. The topological polar surface area (TPSA) is 98.0 Å². The van der Waals surface area contributed by atoms with Crippen LogP contribution in [0.5, 0.6) is 11.6 Å². The number of carboxylic acid groups (broad SMARTS) is 1. The van der Waals surface area contributed by atoms with E-state index >= 15 is 0 Å². The molecule has 23 heavy (non-hydrogen) atoms. The monoisotopic (exact) mass is 314 g/mol. The van der Waals surface area contributed by atoms with E-state index in [1.54, 1.807) is 19.2 Å². The first-order valence-corrected chi connectivity index (χ1v) is 6.76. The van der Waals surface area contributed by atoms with E-state index in [4.69, 9.17) is 14.6 Å². The summed E-state index contributed by atoms with van der Waals surface area (Å²) in [7, 11) is 1.61. The first kappa shape index (κ1) is 14.6. The van der Waals surface area contributed by atoms with Crippen molar-refractivity contribution in [2.45, 2.75) is 6.61 Å². The van der Waals surface area contributed by atoms with E-state index in [0.29, 0.717) is 18.1 Å². The van der Waals surface area contributed by atoms with E-state index in [0.717, 1.165) is 11.3 Å². The minimum absolute atomic E-state index is 0.204. The highest BCUT2D eigenvalue weighted by Gasteiger charge is 2.07. The number of benzene rings is 1. The number of hydrogen-bond acceptors (Lipinski definition) is 5. The number of rotatable bonds is 5. The summed E-state index contributed by atoms with van der Waals surface area (Å²) in [6.07, 6.45) is 0.296. The van der Waals surface area contributed by atoms with E-state index in [1.165, 1.54) is 10.7 Å². The minimum Gasteiger partial charge on any atom is -0.497 e. The summed E-state index contributed by atoms with van der Waals surface area (Å²) >= 11 is 0. The first-order chi connectivity index (χ1) is 11.1. The number of methoxy groups -OCH3 is 1. The molecule has 2 N–H and O–H groups in total. The smallest absolute Gasteiger partial charge is 0.410 e. The molecule has 8 nitrogen and oxygen atoms in total. The summed E-state index contributed by atoms with van der Waals surface area (Å²) in [4.78, 5) is 14.7. The molecule has 0 fully saturated rings. The minimum atomic E-state index is -1.18. The molecule has 1 aromatic carbocycles. The summed E-state index contributed by atoms with van der Waals surface area (Å²) in [5.74, 6) is 1.36. The van der Waals surface area contributed by atoms with Crippen molar-refractivity contribution < 1.29 is 19.4 Å². The number of nitrogens with one attached hydrogen (secondary N) is 1. The Labute approximate surface area is 131 Å². The molecule has 3 aromatic rings. The van der Waals surface area contributed by atoms with E-state index in [-0.39, 0.29) is 5.82 Å². The van der Waals surface area contributed by atoms with Crippen LogP contribution in [0.4, 0.5) is 10.6 Å². The van der Waals surface area contributed by atoms with Crippen molar-refractivity contribution in [2.24, 2.45) is 0 Å². The Morgan fingerprint density at radius 2 is 2.22 bits per heavy atom. The second kappa shape index (κ2) is 6.22. The summed E-state index contributed by atoms with van der Waals surface area (Å²) in [6, 6.07) is 10.9. The molecule has 0 atom stereocenters. The van der Waals surface area contributed by atoms with Crippen LogP contribution >= 0.6 is 0 Å². The number of aromatic nitrogens is 3. The second-order valence-corrected chi connectivity index (χ2v) is 4.67. The van der Waals surface area contributed by atoms with Crippen LogP contribution in [0, 0.1) is 0 Å². The lowest BCUT2D eigenvalue weighted by atomic mass is 10.2. The van der Waals surface area contributed by atoms with Crippen molar-refractivity contribution in [3.05, 3.63) is 48.2 Å². The number of hydrogen-bond donors (Lipinski definition) is 2. The van der Waals surface area contributed by atoms with Gasteiger partial charge in [0.15, 0.2) is 11.5 Å². The van der Waals surface area contributed by atoms with Crippen molar-refractivity contribution in [1.29, 1.82) is 0 Å². The molecule has 0 aliphatic heterocycles. The van der Waals surface area contributed by atoms with Crippen molar-refractivity contribution in [1.82, 2.24) is 14.6 Å². The Kier molecular flexibility index (Phi) is 3.96. The zero-order valence-corrected chi connectivity index (χ0v) is 12.3. The van der Waals surface area contributed by atoms with Crippen molar-refractivity contribution >= 4 is 17.6 Å². The average Bonchev–Trinajstić information content (AvgIpc) is 2.93. The third-order valence-corrected chi connectivity index (χ3v) is 3.05. The maximum Gasteiger partial charge on any atom is 0.410 e. The second-order valence-electron chi connectivity index (χ2n) is 4.67. The molecule has 3 rings (SSSR count). The Hall–Kier alpha value is -3.29. The number of ether oxygens (including phenoxy) is 2. The summed E-state index contributed by atoms with van der Waals surface area (Å²) in [5, 5.41) is 15.1. The number of imidazole rings is 1. The van der Waals surface area contributed by atoms with Gasteiger partial charge in [0.05, 0.1) is 13.3 Å². The lowest BCUT2D eigenvalue weighted by molar-refractivity contribution is 0.209. The van der Waals surface area contributed by atoms with Gasteiger partial charge in [0, 0.05) is 6.07 Å². The molecule has 0 saturated heterocycles. The highest BCUT2D eigenvalue weighted by Crippen LogP contribution is 2.16. The number of carbonyl (C=O) groups is 1. The number of fused-ring (bicyclic) bond motifs is 1. The number of nitrogens with zero attached hydrogens (tertiary/aromatic N) is 3. The summed E-state index contributed by atoms with van der Waals surface area (Å²) < 4.78 is 12.2. The van der Waals surface area contributed by atoms with Gasteiger partial charge in [0.1, 0.15) is 12.4 Å². The molecule has 0 aliphatic carbocycles. The van der Waals surface area contributed by atoms with Crippen LogP contribution in [0.15, 0.2) is 42.6 Å². The standard InChI is InChI=1S/C15H14N4O4/c1-22-11-4-2-3-10(7-11)9-23-14-6-5-13-16-12(17-15(20)21)8-19(13)18-14/h2-8,17H,9H2,1H3,(H,20,21). The molecule has 118 valence electrons. The maximum atomic E-state index is 10.6. The highest BCUT2D eigenvalue weighted by molar-refractivity contribution is 5.81. The molecule has 1 amide bonds. The van der Waals surface area contributed by atoms with Gasteiger partial charge in [0.2, 0.25) is 5.88 Å². The molecule has 0 spiro atoms. The van der Waals surface area contributed by atoms with Crippen molar-refractivity contribution in [3.8, 4) is 11.6 Å². The third kappa shape index (κ3) is 3.49. The van der Waals surface area contributed by atoms with Crippen LogP contribution in [0.1, 0.15) is 5.56 Å². The predicted octanol–water partition coefficient (Wildman–Crippen LogP) is 2.41. The SMILES string of the molecule is COc1cccc(COc2ccc3nc(NC(=O)O)cn3n2)c1. The van der Waals surface area contributed by atoms with Gasteiger partial charge in [-0.2, -0.15) is 0 Å². The molecule has 2 aromatic heterocycles. The van der Waals surface area contributed by atoms with Crippen LogP contribution in [0.2, 0.25) is 0 Å². The molecular formula is C15H14N4O4. The van der Waals surface area contributed by atoms with Crippen LogP contribution in [0.25, 0.3) is 5.65 Å². The van der Waals surface area contributed by atoms with Crippen molar-refractivity contribution in [2.75, 3.05) is 12.4 Å². The molecule has 0 bridgehead atoms. The predicted molar refractivity (Wildman–Crippen MR) is 82.0 cm³/mol. The van der Waals surface area contributed by atoms with E-state index in [2.05, 4.69) is 15.4 Å². The molecular weight excluding hydrogens is 300 g/mol. The van der Waals surface area contributed by atoms with E-state index in [1.807, 2.05) is 24.3 Å². The quantitative estimate of drug-likeness (QED) is 0.750. The Bertz CT molecular complexity index is 846. The fourth-order valence-electron chi connectivity index (χ4n) is 2.03. The van der Waals surface area contributed by atoms with Gasteiger partial charge in [-0.1, -0.05) is 12.1 Å². The molecule has 0 radical (unpaired) electrons. The highest BCUT2D eigenvalue weighted by atomic mass is 16.5. The van der Waals surface area contributed by atoms with Crippen LogP contribution < -0.4 is 14.8 Å². The fourth-order valence-corrected chi connectivity index (χ4v) is 2.03. The zero-order valence-electron chi connectivity index (χ0n) is 12.3. The van der Waals surface area contributed by atoms with Gasteiger partial charge in [-0.3, -0.25) is 5.32 Å². The average molecular weight is 314 g/mol. The summed E-state index contributed by atoms with van der Waals surface area (Å²) in [6.45, 7) is 0.338. The van der Waals surface area contributed by atoms with E-state index < -0.39 is 6.09 Å². The largest absolute Gasteiger partial charge is 0.497 e. The van der Waals surface area contributed by atoms with Gasteiger partial charge in [-0.25, -0.2) is 14.3 Å². The molecule has 0 aliphatic rings. The van der Waals surface area contributed by atoms with Gasteiger partial charge >= 0.3 is 6.09 Å². The Balaban J connectivity index is 1.73. The number of anilines is 1. The van der Waals surface area contributed by atoms with Crippen LogP contribution in [0.3, 0.4) is 0 Å². The van der Waals surface area contributed by atoms with Gasteiger partial charge in [-0.15, -0.1) is 5.10 Å². The molecule has 2 heterocycles. The van der Waals surface area contributed by atoms with Gasteiger partial charge in [-0.05, 0) is 23.8 Å². The lowest BCUT2D eigenvalue weighted by Crippen LogP contribution is -2.07. The van der Waals surface area contributed by atoms with Crippen LogP contribution in [-0.2, 0) is 6.61 Å². The molecule has 8 heteroatoms. The van der Waals surface area contributed by atoms with Crippen molar-refractivity contribution in [3.63, 3.8) is 0 Å². The van der Waals surface area contributed by atoms with Gasteiger partial charge < -0.3 is 14.6 Å². The Morgan fingerprint density at radius 3 is 3.00 bits per heavy atom. The Morgan fingerprint density at radius 1 is 1.35 bits per heavy atom. The third-order valence-electron chi connectivity index (χ3n) is 3.05. The lowest BCUT2D eigenvalue weighted by Gasteiger charge is -2.06. The van der Waals surface area contributed by atoms with Gasteiger partial charge in [0.25, 0.3) is 0 Å². The number of amides is 1. The van der Waals surface area contributed by atoms with E-state index in [9.17, 15) is 4.79 Å².